The second kappa shape index (κ2) is 11.9. The number of methoxy groups -OCH3 is 1. The van der Waals surface area contributed by atoms with Gasteiger partial charge < -0.3 is 24.6 Å². The van der Waals surface area contributed by atoms with Gasteiger partial charge in [0, 0.05) is 64.1 Å². The summed E-state index contributed by atoms with van der Waals surface area (Å²) >= 11 is 0. The summed E-state index contributed by atoms with van der Waals surface area (Å²) in [6.07, 6.45) is 1.82. The van der Waals surface area contributed by atoms with Crippen LogP contribution in [0.25, 0.3) is 0 Å². The number of rotatable bonds is 5. The van der Waals surface area contributed by atoms with Gasteiger partial charge in [-0.25, -0.2) is 4.39 Å². The summed E-state index contributed by atoms with van der Waals surface area (Å²) in [5.41, 5.74) is 2.30. The van der Waals surface area contributed by atoms with E-state index in [2.05, 4.69) is 32.2 Å². The van der Waals surface area contributed by atoms with Crippen LogP contribution in [0.3, 0.4) is 0 Å². The fraction of sp³-hybridized carbons (Fsp3) is 0.480. The molecule has 0 spiro atoms. The lowest BCUT2D eigenvalue weighted by atomic mass is 9.74. The predicted octanol–water partition coefficient (Wildman–Crippen LogP) is 3.90. The van der Waals surface area contributed by atoms with E-state index in [1.807, 2.05) is 31.3 Å². The fourth-order valence-corrected chi connectivity index (χ4v) is 4.68. The summed E-state index contributed by atoms with van der Waals surface area (Å²) in [4.78, 5) is 9.27. The van der Waals surface area contributed by atoms with Gasteiger partial charge in [0.15, 0.2) is 5.96 Å². The minimum absolute atomic E-state index is 0. The van der Waals surface area contributed by atoms with Gasteiger partial charge in [-0.05, 0) is 54.8 Å². The van der Waals surface area contributed by atoms with Crippen molar-refractivity contribution in [1.82, 2.24) is 10.2 Å². The van der Waals surface area contributed by atoms with Gasteiger partial charge in [-0.2, -0.15) is 0 Å². The molecule has 180 valence electrons. The molecule has 0 saturated carbocycles. The van der Waals surface area contributed by atoms with Gasteiger partial charge in [0.1, 0.15) is 11.6 Å². The molecule has 0 aromatic heterocycles. The quantitative estimate of drug-likeness (QED) is 0.337. The van der Waals surface area contributed by atoms with Crippen LogP contribution >= 0.6 is 24.0 Å². The van der Waals surface area contributed by atoms with Crippen molar-refractivity contribution < 1.29 is 13.9 Å². The van der Waals surface area contributed by atoms with E-state index in [4.69, 9.17) is 9.47 Å². The van der Waals surface area contributed by atoms with Crippen LogP contribution in [0.4, 0.5) is 10.1 Å². The lowest BCUT2D eigenvalue weighted by molar-refractivity contribution is 0.0511. The molecule has 33 heavy (non-hydrogen) atoms. The van der Waals surface area contributed by atoms with Gasteiger partial charge in [-0.1, -0.05) is 12.1 Å². The summed E-state index contributed by atoms with van der Waals surface area (Å²) in [6, 6.07) is 15.2. The largest absolute Gasteiger partial charge is 0.497 e. The van der Waals surface area contributed by atoms with Crippen LogP contribution in [-0.2, 0) is 10.2 Å². The number of nitrogens with one attached hydrogen (secondary N) is 1. The van der Waals surface area contributed by atoms with Crippen LogP contribution < -0.4 is 15.0 Å². The normalized spacial score (nSPS) is 18.5. The summed E-state index contributed by atoms with van der Waals surface area (Å²) in [7, 11) is 3.53. The first-order valence-corrected chi connectivity index (χ1v) is 11.3. The molecule has 2 fully saturated rings. The maximum absolute atomic E-state index is 13.5. The maximum atomic E-state index is 13.5. The number of benzene rings is 2. The van der Waals surface area contributed by atoms with Crippen molar-refractivity contribution in [3.05, 3.63) is 59.9 Å². The van der Waals surface area contributed by atoms with Crippen LogP contribution in [0.5, 0.6) is 5.75 Å². The Bertz CT molecular complexity index is 894. The molecule has 0 radical (unpaired) electrons. The molecule has 0 bridgehead atoms. The number of halogens is 2. The van der Waals surface area contributed by atoms with E-state index in [-0.39, 0.29) is 35.2 Å². The minimum Gasteiger partial charge on any atom is -0.497 e. The van der Waals surface area contributed by atoms with E-state index in [9.17, 15) is 4.39 Å². The van der Waals surface area contributed by atoms with Crippen LogP contribution in [0, 0.1) is 5.82 Å². The molecule has 2 aliphatic rings. The van der Waals surface area contributed by atoms with Crippen LogP contribution in [0.2, 0.25) is 0 Å². The van der Waals surface area contributed by atoms with Gasteiger partial charge in [0.05, 0.1) is 7.11 Å². The second-order valence-corrected chi connectivity index (χ2v) is 8.47. The Balaban J connectivity index is 0.00000306. The Morgan fingerprint density at radius 3 is 2.24 bits per heavy atom. The van der Waals surface area contributed by atoms with Crippen molar-refractivity contribution in [3.63, 3.8) is 0 Å². The average Bonchev–Trinajstić information content (AvgIpc) is 2.86. The third-order valence-electron chi connectivity index (χ3n) is 6.72. The number of piperazine rings is 1. The highest BCUT2D eigenvalue weighted by atomic mass is 127. The standard InChI is InChI=1S/C25H33FN4O2.HI/c1-27-24(30-15-13-29(14-16-30)22-7-9-23(31-2)10-8-22)28-19-25(11-17-32-18-12-25)20-3-5-21(26)6-4-20;/h3-10H,11-19H2,1-2H3,(H,27,28);1H. The van der Waals surface area contributed by atoms with E-state index in [1.54, 1.807) is 19.2 Å². The van der Waals surface area contributed by atoms with E-state index < -0.39 is 0 Å². The highest BCUT2D eigenvalue weighted by molar-refractivity contribution is 14.0. The molecule has 0 unspecified atom stereocenters. The van der Waals surface area contributed by atoms with E-state index >= 15 is 0 Å². The minimum atomic E-state index is -0.200. The summed E-state index contributed by atoms with van der Waals surface area (Å²) in [6.45, 7) is 5.87. The molecule has 0 atom stereocenters. The first-order valence-electron chi connectivity index (χ1n) is 11.3. The first kappa shape index (κ1) is 25.6. The van der Waals surface area contributed by atoms with Gasteiger partial charge in [0.25, 0.3) is 0 Å². The average molecular weight is 568 g/mol. The molecule has 2 saturated heterocycles. The number of aliphatic imine (C=N–C) groups is 1. The number of guanidine groups is 1. The van der Waals surface area contributed by atoms with Crippen molar-refractivity contribution in [2.45, 2.75) is 18.3 Å². The van der Waals surface area contributed by atoms with Gasteiger partial charge in [0.2, 0.25) is 0 Å². The third kappa shape index (κ3) is 6.09. The van der Waals surface area contributed by atoms with Crippen molar-refractivity contribution in [3.8, 4) is 5.75 Å². The SMILES string of the molecule is CN=C(NCC1(c2ccc(F)cc2)CCOCC1)N1CCN(c2ccc(OC)cc2)CC1.I. The third-order valence-corrected chi connectivity index (χ3v) is 6.72. The Morgan fingerprint density at radius 2 is 1.67 bits per heavy atom. The molecule has 0 amide bonds. The highest BCUT2D eigenvalue weighted by Gasteiger charge is 2.35. The molecule has 4 rings (SSSR count). The van der Waals surface area contributed by atoms with Gasteiger partial charge in [-0.15, -0.1) is 24.0 Å². The molecule has 2 aromatic carbocycles. The Morgan fingerprint density at radius 1 is 1.03 bits per heavy atom. The number of hydrogen-bond donors (Lipinski definition) is 1. The van der Waals surface area contributed by atoms with E-state index in [0.29, 0.717) is 0 Å². The van der Waals surface area contributed by atoms with Crippen LogP contribution in [-0.4, -0.2) is 71.0 Å². The second-order valence-electron chi connectivity index (χ2n) is 8.47. The van der Waals surface area contributed by atoms with Crippen molar-refractivity contribution in [2.24, 2.45) is 4.99 Å². The molecule has 2 heterocycles. The molecule has 2 aromatic rings. The van der Waals surface area contributed by atoms with Crippen LogP contribution in [0.1, 0.15) is 18.4 Å². The molecule has 6 nitrogen and oxygen atoms in total. The summed E-state index contributed by atoms with van der Waals surface area (Å²) in [5.74, 6) is 1.60. The summed E-state index contributed by atoms with van der Waals surface area (Å²) in [5, 5.41) is 3.62. The lowest BCUT2D eigenvalue weighted by Crippen LogP contribution is -2.55. The molecule has 0 aliphatic carbocycles. The van der Waals surface area contributed by atoms with Gasteiger partial charge >= 0.3 is 0 Å². The zero-order valence-corrected chi connectivity index (χ0v) is 21.8. The maximum Gasteiger partial charge on any atom is 0.193 e. The zero-order chi connectivity index (χ0) is 22.4. The Hall–Kier alpha value is -2.07. The number of nitrogens with zero attached hydrogens (tertiary/aromatic N) is 3. The zero-order valence-electron chi connectivity index (χ0n) is 19.4. The molecule has 2 aliphatic heterocycles. The van der Waals surface area contributed by atoms with E-state index in [0.717, 1.165) is 76.1 Å². The monoisotopic (exact) mass is 568 g/mol. The van der Waals surface area contributed by atoms with Crippen LogP contribution in [0.15, 0.2) is 53.5 Å². The molecular weight excluding hydrogens is 534 g/mol. The van der Waals surface area contributed by atoms with E-state index in [1.165, 1.54) is 5.69 Å². The number of anilines is 1. The van der Waals surface area contributed by atoms with Crippen molar-refractivity contribution in [1.29, 1.82) is 0 Å². The first-order chi connectivity index (χ1) is 15.6. The lowest BCUT2D eigenvalue weighted by Gasteiger charge is -2.41. The fourth-order valence-electron chi connectivity index (χ4n) is 4.68. The number of hydrogen-bond acceptors (Lipinski definition) is 4. The van der Waals surface area contributed by atoms with Crippen molar-refractivity contribution in [2.75, 3.05) is 65.0 Å². The Labute approximate surface area is 213 Å². The summed E-state index contributed by atoms with van der Waals surface area (Å²) < 4.78 is 24.4. The predicted molar refractivity (Wildman–Crippen MR) is 142 cm³/mol. The highest BCUT2D eigenvalue weighted by Crippen LogP contribution is 2.34. The molecular formula is C25H34FIN4O2. The topological polar surface area (TPSA) is 49.3 Å². The molecule has 1 N–H and O–H groups in total. The van der Waals surface area contributed by atoms with Gasteiger partial charge in [-0.3, -0.25) is 4.99 Å². The number of ether oxygens (including phenoxy) is 2. The van der Waals surface area contributed by atoms with Crippen molar-refractivity contribution >= 4 is 35.6 Å². The molecule has 8 heteroatoms. The Kier molecular flexibility index (Phi) is 9.19. The smallest absolute Gasteiger partial charge is 0.193 e.